The number of nitrogens with zero attached hydrogens (tertiary/aromatic N) is 3. The Balaban J connectivity index is 1.92. The first-order chi connectivity index (χ1) is 15.0. The molecule has 1 aliphatic heterocycles. The standard InChI is InChI=1S/C21H21FN4O6/c1-10-12(6-5-7-13(10)18(29)30)15-21(4,32-11(2)27)20(3,22)19(31-15)26-9-25-14-16(26)23-8-24-17(14)28/h5-9,15,19H,1-4H3,(H,29,30)(H,23,24,28)/t15-,19-,20+,21-/m1/s1. The number of aromatic nitrogens is 4. The number of carboxylic acid groups (broad SMARTS) is 1. The molecule has 1 fully saturated rings. The molecule has 11 heteroatoms. The maximum Gasteiger partial charge on any atom is 0.335 e. The van der Waals surface area contributed by atoms with Crippen molar-refractivity contribution in [3.05, 3.63) is 57.9 Å². The summed E-state index contributed by atoms with van der Waals surface area (Å²) in [5, 5.41) is 9.50. The quantitative estimate of drug-likeness (QED) is 0.586. The first kappa shape index (κ1) is 21.6. The molecule has 10 nitrogen and oxygen atoms in total. The van der Waals surface area contributed by atoms with Gasteiger partial charge in [-0.05, 0) is 38.0 Å². The Kier molecular flexibility index (Phi) is 4.88. The molecule has 0 saturated carbocycles. The maximum atomic E-state index is 16.5. The van der Waals surface area contributed by atoms with Crippen LogP contribution < -0.4 is 5.56 Å². The monoisotopic (exact) mass is 444 g/mol. The predicted octanol–water partition coefficient (Wildman–Crippen LogP) is 2.45. The number of halogens is 1. The molecule has 0 radical (unpaired) electrons. The Labute approximate surface area is 181 Å². The lowest BCUT2D eigenvalue weighted by Gasteiger charge is -2.37. The number of fused-ring (bicyclic) bond motifs is 1. The van der Waals surface area contributed by atoms with Crippen LogP contribution >= 0.6 is 0 Å². The van der Waals surface area contributed by atoms with Gasteiger partial charge in [-0.1, -0.05) is 12.1 Å². The van der Waals surface area contributed by atoms with Gasteiger partial charge in [0.05, 0.1) is 18.2 Å². The number of esters is 1. The van der Waals surface area contributed by atoms with E-state index in [4.69, 9.17) is 9.47 Å². The molecule has 0 spiro atoms. The number of alkyl halides is 1. The van der Waals surface area contributed by atoms with Crippen molar-refractivity contribution < 1.29 is 28.6 Å². The average Bonchev–Trinajstić information content (AvgIpc) is 3.20. The van der Waals surface area contributed by atoms with Gasteiger partial charge in [-0.15, -0.1) is 0 Å². The van der Waals surface area contributed by atoms with E-state index >= 15 is 4.39 Å². The Morgan fingerprint density at radius 1 is 1.31 bits per heavy atom. The number of carbonyl (C=O) groups is 2. The normalized spacial score (nSPS) is 27.5. The number of ether oxygens (including phenoxy) is 2. The number of aromatic amines is 1. The molecule has 0 unspecified atom stereocenters. The molecule has 4 rings (SSSR count). The van der Waals surface area contributed by atoms with Crippen molar-refractivity contribution in [2.75, 3.05) is 0 Å². The van der Waals surface area contributed by atoms with E-state index in [1.165, 1.54) is 36.9 Å². The van der Waals surface area contributed by atoms with E-state index in [1.54, 1.807) is 13.0 Å². The lowest BCUT2D eigenvalue weighted by molar-refractivity contribution is -0.174. The molecule has 1 aromatic carbocycles. The van der Waals surface area contributed by atoms with E-state index in [1.807, 2.05) is 0 Å². The van der Waals surface area contributed by atoms with Crippen LogP contribution in [0.4, 0.5) is 4.39 Å². The molecule has 2 N–H and O–H groups in total. The molecule has 0 amide bonds. The van der Waals surface area contributed by atoms with Gasteiger partial charge in [0.1, 0.15) is 6.10 Å². The van der Waals surface area contributed by atoms with Crippen molar-refractivity contribution >= 4 is 23.1 Å². The van der Waals surface area contributed by atoms with Crippen LogP contribution in [0.25, 0.3) is 11.2 Å². The van der Waals surface area contributed by atoms with Crippen LogP contribution in [-0.4, -0.2) is 47.8 Å². The smallest absolute Gasteiger partial charge is 0.335 e. The topological polar surface area (TPSA) is 136 Å². The molecule has 1 aliphatic rings. The lowest BCUT2D eigenvalue weighted by Crippen LogP contribution is -2.51. The van der Waals surface area contributed by atoms with Gasteiger partial charge in [0.15, 0.2) is 28.7 Å². The van der Waals surface area contributed by atoms with E-state index in [0.717, 1.165) is 13.3 Å². The van der Waals surface area contributed by atoms with Gasteiger partial charge in [-0.3, -0.25) is 14.2 Å². The van der Waals surface area contributed by atoms with E-state index in [9.17, 15) is 19.5 Å². The summed E-state index contributed by atoms with van der Waals surface area (Å²) >= 11 is 0. The van der Waals surface area contributed by atoms with E-state index in [-0.39, 0.29) is 16.7 Å². The third-order valence-electron chi connectivity index (χ3n) is 6.06. The minimum absolute atomic E-state index is 0.00593. The number of rotatable bonds is 4. The number of hydrogen-bond donors (Lipinski definition) is 2. The molecular formula is C21H21FN4O6. The summed E-state index contributed by atoms with van der Waals surface area (Å²) < 4.78 is 29.4. The van der Waals surface area contributed by atoms with Gasteiger partial charge in [-0.2, -0.15) is 0 Å². The van der Waals surface area contributed by atoms with Crippen LogP contribution in [0.1, 0.15) is 54.6 Å². The van der Waals surface area contributed by atoms with Crippen molar-refractivity contribution in [3.8, 4) is 0 Å². The second-order valence-corrected chi connectivity index (χ2v) is 8.03. The zero-order valence-corrected chi connectivity index (χ0v) is 17.7. The van der Waals surface area contributed by atoms with Crippen LogP contribution in [0.5, 0.6) is 0 Å². The summed E-state index contributed by atoms with van der Waals surface area (Å²) in [7, 11) is 0. The summed E-state index contributed by atoms with van der Waals surface area (Å²) in [6.07, 6.45) is -0.155. The Morgan fingerprint density at radius 2 is 2.03 bits per heavy atom. The fourth-order valence-electron chi connectivity index (χ4n) is 4.24. The minimum Gasteiger partial charge on any atom is -0.478 e. The lowest BCUT2D eigenvalue weighted by atomic mass is 9.80. The third-order valence-corrected chi connectivity index (χ3v) is 6.06. The molecule has 32 heavy (non-hydrogen) atoms. The van der Waals surface area contributed by atoms with Crippen LogP contribution in [0.3, 0.4) is 0 Å². The van der Waals surface area contributed by atoms with Crippen LogP contribution in [0, 0.1) is 6.92 Å². The minimum atomic E-state index is -2.33. The highest BCUT2D eigenvalue weighted by atomic mass is 19.1. The highest BCUT2D eigenvalue weighted by Gasteiger charge is 2.67. The fourth-order valence-corrected chi connectivity index (χ4v) is 4.24. The van der Waals surface area contributed by atoms with Crippen molar-refractivity contribution in [1.82, 2.24) is 19.5 Å². The number of hydrogen-bond acceptors (Lipinski definition) is 7. The third kappa shape index (κ3) is 3.00. The van der Waals surface area contributed by atoms with Crippen LogP contribution in [0.15, 0.2) is 35.6 Å². The second-order valence-electron chi connectivity index (χ2n) is 8.03. The summed E-state index contributed by atoms with van der Waals surface area (Å²) in [5.74, 6) is -1.89. The van der Waals surface area contributed by atoms with Gasteiger partial charge < -0.3 is 19.6 Å². The summed E-state index contributed by atoms with van der Waals surface area (Å²) in [6, 6.07) is 4.53. The molecule has 1 saturated heterocycles. The summed E-state index contributed by atoms with van der Waals surface area (Å²) in [5.41, 5.74) is -3.87. The van der Waals surface area contributed by atoms with Crippen LogP contribution in [-0.2, 0) is 14.3 Å². The zero-order valence-electron chi connectivity index (χ0n) is 17.7. The number of benzene rings is 1. The number of nitrogens with one attached hydrogen (secondary N) is 1. The molecule has 4 atom stereocenters. The summed E-state index contributed by atoms with van der Waals surface area (Å²) in [4.78, 5) is 46.1. The number of carboxylic acids is 1. The number of carbonyl (C=O) groups excluding carboxylic acids is 1. The van der Waals surface area contributed by atoms with Crippen molar-refractivity contribution in [1.29, 1.82) is 0 Å². The van der Waals surface area contributed by atoms with Gasteiger partial charge in [0, 0.05) is 6.92 Å². The highest BCUT2D eigenvalue weighted by molar-refractivity contribution is 5.89. The van der Waals surface area contributed by atoms with Crippen molar-refractivity contribution in [2.45, 2.75) is 51.3 Å². The molecule has 0 aliphatic carbocycles. The Morgan fingerprint density at radius 3 is 2.69 bits per heavy atom. The molecule has 2 aromatic heterocycles. The van der Waals surface area contributed by atoms with Gasteiger partial charge in [-0.25, -0.2) is 19.2 Å². The molecule has 168 valence electrons. The van der Waals surface area contributed by atoms with Crippen molar-refractivity contribution in [2.24, 2.45) is 0 Å². The zero-order chi connectivity index (χ0) is 23.4. The van der Waals surface area contributed by atoms with Gasteiger partial charge >= 0.3 is 11.9 Å². The molecule has 0 bridgehead atoms. The SMILES string of the molecule is CC(=O)O[C@]1(C)[C@@H](c2cccc(C(=O)O)c2C)O[C@@H](n2cnc3c(=O)[nH]cnc32)[C@]1(C)F. The molecule has 3 aromatic rings. The predicted molar refractivity (Wildman–Crippen MR) is 109 cm³/mol. The fraction of sp³-hybridized carbons (Fsp3) is 0.381. The van der Waals surface area contributed by atoms with E-state index < -0.39 is 41.1 Å². The van der Waals surface area contributed by atoms with E-state index in [0.29, 0.717) is 11.1 Å². The number of aromatic carboxylic acids is 1. The van der Waals surface area contributed by atoms with E-state index in [2.05, 4.69) is 15.0 Å². The average molecular weight is 444 g/mol. The summed E-state index contributed by atoms with van der Waals surface area (Å²) in [6.45, 7) is 5.34. The largest absolute Gasteiger partial charge is 0.478 e. The first-order valence-electron chi connectivity index (χ1n) is 9.76. The highest BCUT2D eigenvalue weighted by Crippen LogP contribution is 2.57. The number of H-pyrrole nitrogens is 1. The Hall–Kier alpha value is -3.60. The van der Waals surface area contributed by atoms with Gasteiger partial charge in [0.25, 0.3) is 5.56 Å². The second kappa shape index (κ2) is 7.23. The first-order valence-corrected chi connectivity index (χ1v) is 9.76. The maximum absolute atomic E-state index is 16.5. The molecule has 3 heterocycles. The van der Waals surface area contributed by atoms with Crippen molar-refractivity contribution in [3.63, 3.8) is 0 Å². The number of imidazole rings is 1. The van der Waals surface area contributed by atoms with Gasteiger partial charge in [0.2, 0.25) is 0 Å². The van der Waals surface area contributed by atoms with Crippen LogP contribution in [0.2, 0.25) is 0 Å². The molecular weight excluding hydrogens is 423 g/mol. The Bertz CT molecular complexity index is 1300.